The minimum atomic E-state index is -0.329. The summed E-state index contributed by atoms with van der Waals surface area (Å²) in [5.74, 6) is 1.21. The van der Waals surface area contributed by atoms with Crippen LogP contribution in [-0.4, -0.2) is 36.4 Å². The van der Waals surface area contributed by atoms with Gasteiger partial charge in [-0.1, -0.05) is 23.4 Å². The van der Waals surface area contributed by atoms with E-state index in [0.29, 0.717) is 36.7 Å². The predicted octanol–water partition coefficient (Wildman–Crippen LogP) is 2.15. The van der Waals surface area contributed by atoms with Crippen LogP contribution in [0.3, 0.4) is 0 Å². The molecule has 0 unspecified atom stereocenters. The Hall–Kier alpha value is -2.21. The lowest BCUT2D eigenvalue weighted by Crippen LogP contribution is -2.06. The van der Waals surface area contributed by atoms with E-state index in [1.807, 2.05) is 18.2 Å². The summed E-state index contributed by atoms with van der Waals surface area (Å²) in [5.41, 5.74) is 1.49. The number of carbonyl (C=O) groups excluding carboxylic acids is 1. The summed E-state index contributed by atoms with van der Waals surface area (Å²) < 4.78 is 15.4. The molecule has 1 aliphatic heterocycles. The van der Waals surface area contributed by atoms with E-state index in [9.17, 15) is 4.79 Å². The number of nitrogens with zero attached hydrogens (tertiary/aromatic N) is 2. The molecule has 2 aromatic rings. The van der Waals surface area contributed by atoms with Crippen LogP contribution in [0.15, 0.2) is 28.8 Å². The van der Waals surface area contributed by atoms with Gasteiger partial charge in [0.15, 0.2) is 5.82 Å². The summed E-state index contributed by atoms with van der Waals surface area (Å²) in [5, 5.41) is 4.03. The Morgan fingerprint density at radius 1 is 1.36 bits per heavy atom. The topological polar surface area (TPSA) is 74.5 Å². The Labute approximate surface area is 128 Å². The highest BCUT2D eigenvalue weighted by atomic mass is 16.5. The lowest BCUT2D eigenvalue weighted by atomic mass is 10.0. The van der Waals surface area contributed by atoms with E-state index in [1.165, 1.54) is 7.11 Å². The Balaban J connectivity index is 1.66. The number of ether oxygens (including phenoxy) is 2. The minimum absolute atomic E-state index is 0.236. The summed E-state index contributed by atoms with van der Waals surface area (Å²) in [7, 11) is 1.38. The molecule has 0 saturated carbocycles. The van der Waals surface area contributed by atoms with Crippen LogP contribution in [0.25, 0.3) is 0 Å². The third-order valence-corrected chi connectivity index (χ3v) is 3.81. The normalized spacial score (nSPS) is 17.6. The number of esters is 1. The number of carbonyl (C=O) groups is 1. The minimum Gasteiger partial charge on any atom is -0.465 e. The summed E-state index contributed by atoms with van der Waals surface area (Å²) in [6, 6.07) is 7.39. The zero-order valence-corrected chi connectivity index (χ0v) is 12.4. The molecule has 1 aromatic carbocycles. The first-order valence-electron chi connectivity index (χ1n) is 7.34. The first-order valence-corrected chi connectivity index (χ1v) is 7.34. The van der Waals surface area contributed by atoms with Gasteiger partial charge < -0.3 is 14.0 Å². The van der Waals surface area contributed by atoms with Crippen LogP contribution in [0.1, 0.15) is 40.0 Å². The molecule has 3 rings (SSSR count). The lowest BCUT2D eigenvalue weighted by Gasteiger charge is -2.06. The number of rotatable bonds is 5. The molecule has 0 aliphatic carbocycles. The summed E-state index contributed by atoms with van der Waals surface area (Å²) in [4.78, 5) is 16.2. The quantitative estimate of drug-likeness (QED) is 0.788. The average Bonchev–Trinajstić information content (AvgIpc) is 3.23. The van der Waals surface area contributed by atoms with Gasteiger partial charge in [-0.2, -0.15) is 4.98 Å². The average molecular weight is 302 g/mol. The molecule has 6 heteroatoms. The fraction of sp³-hybridized carbons (Fsp3) is 0.438. The van der Waals surface area contributed by atoms with Gasteiger partial charge in [0, 0.05) is 18.9 Å². The molecule has 0 radical (unpaired) electrons. The number of aryl methyl sites for hydroxylation is 2. The van der Waals surface area contributed by atoms with Crippen molar-refractivity contribution in [1.82, 2.24) is 10.1 Å². The monoisotopic (exact) mass is 302 g/mol. The van der Waals surface area contributed by atoms with Gasteiger partial charge in [0.25, 0.3) is 0 Å². The number of hydrogen-bond donors (Lipinski definition) is 0. The van der Waals surface area contributed by atoms with Gasteiger partial charge in [0.1, 0.15) is 0 Å². The Kier molecular flexibility index (Phi) is 4.48. The maximum absolute atomic E-state index is 11.7. The highest BCUT2D eigenvalue weighted by Crippen LogP contribution is 2.22. The standard InChI is InChI=1S/C16H18N2O4/c1-20-16(19)13-5-3-2-4-11(13)6-7-14-17-15(18-22-14)12-8-9-21-10-12/h2-5,12H,6-10H2,1H3/t12-/m0/s1. The van der Waals surface area contributed by atoms with Crippen LogP contribution in [0, 0.1) is 0 Å². The molecule has 116 valence electrons. The van der Waals surface area contributed by atoms with Crippen LogP contribution in [-0.2, 0) is 22.3 Å². The molecule has 1 aromatic heterocycles. The van der Waals surface area contributed by atoms with Crippen molar-refractivity contribution in [3.8, 4) is 0 Å². The SMILES string of the molecule is COC(=O)c1ccccc1CCc1nc([C@H]2CCOC2)no1. The number of aromatic nitrogens is 2. The molecule has 0 bridgehead atoms. The molecule has 1 saturated heterocycles. The smallest absolute Gasteiger partial charge is 0.338 e. The molecule has 22 heavy (non-hydrogen) atoms. The molecule has 0 spiro atoms. The highest BCUT2D eigenvalue weighted by Gasteiger charge is 2.23. The van der Waals surface area contributed by atoms with Crippen molar-refractivity contribution in [3.05, 3.63) is 47.1 Å². The van der Waals surface area contributed by atoms with Gasteiger partial charge >= 0.3 is 5.97 Å². The van der Waals surface area contributed by atoms with Crippen molar-refractivity contribution >= 4 is 5.97 Å². The predicted molar refractivity (Wildman–Crippen MR) is 77.7 cm³/mol. The molecule has 1 fully saturated rings. The molecular weight excluding hydrogens is 284 g/mol. The van der Waals surface area contributed by atoms with Crippen molar-refractivity contribution in [2.75, 3.05) is 20.3 Å². The van der Waals surface area contributed by atoms with E-state index >= 15 is 0 Å². The van der Waals surface area contributed by atoms with Crippen LogP contribution in [0.4, 0.5) is 0 Å². The maximum atomic E-state index is 11.7. The van der Waals surface area contributed by atoms with Crippen molar-refractivity contribution < 1.29 is 18.8 Å². The van der Waals surface area contributed by atoms with E-state index < -0.39 is 0 Å². The van der Waals surface area contributed by atoms with Gasteiger partial charge in [-0.15, -0.1) is 0 Å². The molecular formula is C16H18N2O4. The fourth-order valence-electron chi connectivity index (χ4n) is 2.56. The first kappa shape index (κ1) is 14.7. The first-order chi connectivity index (χ1) is 10.8. The van der Waals surface area contributed by atoms with Gasteiger partial charge in [-0.3, -0.25) is 0 Å². The molecule has 1 aliphatic rings. The Morgan fingerprint density at radius 3 is 3.00 bits per heavy atom. The molecule has 6 nitrogen and oxygen atoms in total. The van der Waals surface area contributed by atoms with Crippen LogP contribution >= 0.6 is 0 Å². The second-order valence-electron chi connectivity index (χ2n) is 5.26. The third kappa shape index (κ3) is 3.17. The van der Waals surface area contributed by atoms with Crippen LogP contribution in [0.2, 0.25) is 0 Å². The van der Waals surface area contributed by atoms with Crippen molar-refractivity contribution in [1.29, 1.82) is 0 Å². The largest absolute Gasteiger partial charge is 0.465 e. The van der Waals surface area contributed by atoms with Crippen molar-refractivity contribution in [2.45, 2.75) is 25.2 Å². The molecule has 0 N–H and O–H groups in total. The zero-order chi connectivity index (χ0) is 15.4. The zero-order valence-electron chi connectivity index (χ0n) is 12.4. The number of hydrogen-bond acceptors (Lipinski definition) is 6. The summed E-state index contributed by atoms with van der Waals surface area (Å²) in [6.07, 6.45) is 2.17. The van der Waals surface area contributed by atoms with E-state index in [1.54, 1.807) is 6.07 Å². The highest BCUT2D eigenvalue weighted by molar-refractivity contribution is 5.90. The van der Waals surface area contributed by atoms with E-state index in [4.69, 9.17) is 14.0 Å². The van der Waals surface area contributed by atoms with E-state index in [-0.39, 0.29) is 11.9 Å². The third-order valence-electron chi connectivity index (χ3n) is 3.81. The van der Waals surface area contributed by atoms with Gasteiger partial charge in [0.2, 0.25) is 5.89 Å². The molecule has 2 heterocycles. The van der Waals surface area contributed by atoms with Crippen molar-refractivity contribution in [2.24, 2.45) is 0 Å². The Bertz CT molecular complexity index is 647. The Morgan fingerprint density at radius 2 is 2.23 bits per heavy atom. The number of benzene rings is 1. The van der Waals surface area contributed by atoms with Gasteiger partial charge in [-0.05, 0) is 24.5 Å². The molecule has 1 atom stereocenters. The molecule has 0 amide bonds. The van der Waals surface area contributed by atoms with E-state index in [2.05, 4.69) is 10.1 Å². The van der Waals surface area contributed by atoms with Gasteiger partial charge in [-0.25, -0.2) is 4.79 Å². The number of methoxy groups -OCH3 is 1. The second-order valence-corrected chi connectivity index (χ2v) is 5.26. The van der Waals surface area contributed by atoms with Crippen LogP contribution < -0.4 is 0 Å². The lowest BCUT2D eigenvalue weighted by molar-refractivity contribution is 0.0599. The summed E-state index contributed by atoms with van der Waals surface area (Å²) in [6.45, 7) is 1.41. The second kappa shape index (κ2) is 6.70. The summed E-state index contributed by atoms with van der Waals surface area (Å²) >= 11 is 0. The maximum Gasteiger partial charge on any atom is 0.338 e. The van der Waals surface area contributed by atoms with Crippen LogP contribution in [0.5, 0.6) is 0 Å². The van der Waals surface area contributed by atoms with Gasteiger partial charge in [0.05, 0.1) is 19.3 Å². The fourth-order valence-corrected chi connectivity index (χ4v) is 2.56. The van der Waals surface area contributed by atoms with E-state index in [0.717, 1.165) is 18.6 Å². The van der Waals surface area contributed by atoms with Crippen molar-refractivity contribution in [3.63, 3.8) is 0 Å².